The lowest BCUT2D eigenvalue weighted by molar-refractivity contribution is 0.0995. The van der Waals surface area contributed by atoms with E-state index in [1.807, 2.05) is 6.07 Å². The Morgan fingerprint density at radius 1 is 1.53 bits per heavy atom. The van der Waals surface area contributed by atoms with Gasteiger partial charge in [0.2, 0.25) is 0 Å². The molecule has 1 fully saturated rings. The molecule has 0 bridgehead atoms. The molecule has 80 valence electrons. The van der Waals surface area contributed by atoms with Crippen molar-refractivity contribution in [3.05, 3.63) is 23.9 Å². The molecule has 1 aromatic rings. The second-order valence-corrected chi connectivity index (χ2v) is 3.75. The predicted molar refractivity (Wildman–Crippen MR) is 57.5 cm³/mol. The lowest BCUT2D eigenvalue weighted by Gasteiger charge is -2.39. The molecule has 5 nitrogen and oxygen atoms in total. The molecule has 0 aromatic carbocycles. The molecule has 1 aliphatic heterocycles. The van der Waals surface area contributed by atoms with Crippen LogP contribution in [0, 0.1) is 5.92 Å². The molecule has 0 unspecified atom stereocenters. The highest BCUT2D eigenvalue weighted by atomic mass is 16.1. The fourth-order valence-electron chi connectivity index (χ4n) is 1.64. The van der Waals surface area contributed by atoms with Crippen LogP contribution in [-0.2, 0) is 0 Å². The van der Waals surface area contributed by atoms with Crippen LogP contribution in [0.2, 0.25) is 0 Å². The number of pyridine rings is 1. The number of carbonyl (C=O) groups is 1. The minimum Gasteiger partial charge on any atom is -0.364 e. The number of primary amides is 1. The van der Waals surface area contributed by atoms with Crippen LogP contribution in [0.4, 0.5) is 5.82 Å². The predicted octanol–water partition coefficient (Wildman–Crippen LogP) is -0.425. The second kappa shape index (κ2) is 3.86. The normalized spacial score (nSPS) is 16.2. The van der Waals surface area contributed by atoms with Gasteiger partial charge in [0.1, 0.15) is 11.5 Å². The maximum Gasteiger partial charge on any atom is 0.267 e. The molecule has 0 saturated carbocycles. The summed E-state index contributed by atoms with van der Waals surface area (Å²) in [6.45, 7) is 2.52. The zero-order valence-corrected chi connectivity index (χ0v) is 8.39. The highest BCUT2D eigenvalue weighted by Crippen LogP contribution is 2.21. The number of anilines is 1. The van der Waals surface area contributed by atoms with E-state index in [-0.39, 0.29) is 0 Å². The Hall–Kier alpha value is -1.62. The first-order valence-electron chi connectivity index (χ1n) is 4.92. The minimum absolute atomic E-state index is 0.309. The van der Waals surface area contributed by atoms with Crippen LogP contribution >= 0.6 is 0 Å². The molecule has 15 heavy (non-hydrogen) atoms. The van der Waals surface area contributed by atoms with E-state index in [1.54, 1.807) is 12.1 Å². The van der Waals surface area contributed by atoms with E-state index < -0.39 is 5.91 Å². The number of aromatic nitrogens is 1. The van der Waals surface area contributed by atoms with Gasteiger partial charge < -0.3 is 16.4 Å². The molecule has 0 aliphatic carbocycles. The van der Waals surface area contributed by atoms with Gasteiger partial charge in [-0.3, -0.25) is 4.79 Å². The van der Waals surface area contributed by atoms with Crippen molar-refractivity contribution in [2.75, 3.05) is 24.5 Å². The van der Waals surface area contributed by atoms with E-state index in [0.29, 0.717) is 18.2 Å². The van der Waals surface area contributed by atoms with Crippen LogP contribution in [0.3, 0.4) is 0 Å². The lowest BCUT2D eigenvalue weighted by atomic mass is 10.0. The standard InChI is InChI=1S/C10H14N4O/c11-4-7-5-14(6-7)9-3-1-2-8(13-9)10(12)15/h1-3,7H,4-6,11H2,(H2,12,15). The van der Waals surface area contributed by atoms with Crippen LogP contribution < -0.4 is 16.4 Å². The molecule has 2 rings (SSSR count). The van der Waals surface area contributed by atoms with Gasteiger partial charge in [-0.05, 0) is 18.7 Å². The van der Waals surface area contributed by atoms with Crippen LogP contribution in [0.15, 0.2) is 18.2 Å². The van der Waals surface area contributed by atoms with Gasteiger partial charge in [-0.2, -0.15) is 0 Å². The average Bonchev–Trinajstić information content (AvgIpc) is 2.16. The number of nitrogens with zero attached hydrogens (tertiary/aromatic N) is 2. The summed E-state index contributed by atoms with van der Waals surface area (Å²) in [7, 11) is 0. The molecular weight excluding hydrogens is 192 g/mol. The molecule has 4 N–H and O–H groups in total. The van der Waals surface area contributed by atoms with Gasteiger partial charge in [-0.15, -0.1) is 0 Å². The third-order valence-electron chi connectivity index (χ3n) is 2.60. The van der Waals surface area contributed by atoms with Crippen LogP contribution in [0.1, 0.15) is 10.5 Å². The topological polar surface area (TPSA) is 85.2 Å². The summed E-state index contributed by atoms with van der Waals surface area (Å²) in [6, 6.07) is 5.28. The zero-order chi connectivity index (χ0) is 10.8. The third-order valence-corrected chi connectivity index (χ3v) is 2.60. The molecule has 0 radical (unpaired) electrons. The maximum atomic E-state index is 10.9. The largest absolute Gasteiger partial charge is 0.364 e. The van der Waals surface area contributed by atoms with Gasteiger partial charge >= 0.3 is 0 Å². The van der Waals surface area contributed by atoms with Crippen molar-refractivity contribution in [2.45, 2.75) is 0 Å². The van der Waals surface area contributed by atoms with Gasteiger partial charge in [0.05, 0.1) is 0 Å². The van der Waals surface area contributed by atoms with Crippen molar-refractivity contribution in [3.8, 4) is 0 Å². The molecule has 2 heterocycles. The summed E-state index contributed by atoms with van der Waals surface area (Å²) in [5, 5.41) is 0. The summed E-state index contributed by atoms with van der Waals surface area (Å²) in [5.74, 6) is 0.854. The number of hydrogen-bond donors (Lipinski definition) is 2. The fourth-order valence-corrected chi connectivity index (χ4v) is 1.64. The van der Waals surface area contributed by atoms with E-state index in [9.17, 15) is 4.79 Å². The number of rotatable bonds is 3. The molecule has 1 aromatic heterocycles. The Bertz CT molecular complexity index is 373. The van der Waals surface area contributed by atoms with Gasteiger partial charge in [0.15, 0.2) is 0 Å². The summed E-state index contributed by atoms with van der Waals surface area (Å²) < 4.78 is 0. The van der Waals surface area contributed by atoms with Crippen molar-refractivity contribution < 1.29 is 4.79 Å². The first kappa shape index (κ1) is 9.92. The van der Waals surface area contributed by atoms with Gasteiger partial charge in [-0.25, -0.2) is 4.98 Å². The van der Waals surface area contributed by atoms with Crippen LogP contribution in [-0.4, -0.2) is 30.5 Å². The monoisotopic (exact) mass is 206 g/mol. The number of hydrogen-bond acceptors (Lipinski definition) is 4. The highest BCUT2D eigenvalue weighted by molar-refractivity contribution is 5.91. The molecule has 1 saturated heterocycles. The zero-order valence-electron chi connectivity index (χ0n) is 8.39. The minimum atomic E-state index is -0.493. The maximum absolute atomic E-state index is 10.9. The van der Waals surface area contributed by atoms with E-state index in [0.717, 1.165) is 18.9 Å². The van der Waals surface area contributed by atoms with E-state index in [1.165, 1.54) is 0 Å². The molecular formula is C10H14N4O. The van der Waals surface area contributed by atoms with Crippen molar-refractivity contribution in [1.82, 2.24) is 4.98 Å². The first-order valence-corrected chi connectivity index (χ1v) is 4.92. The Morgan fingerprint density at radius 3 is 2.87 bits per heavy atom. The Labute approximate surface area is 88.1 Å². The van der Waals surface area contributed by atoms with E-state index >= 15 is 0 Å². The smallest absolute Gasteiger partial charge is 0.267 e. The third kappa shape index (κ3) is 1.92. The quantitative estimate of drug-likeness (QED) is 0.703. The van der Waals surface area contributed by atoms with Gasteiger partial charge in [0, 0.05) is 19.0 Å². The first-order chi connectivity index (χ1) is 7.20. The van der Waals surface area contributed by atoms with Crippen molar-refractivity contribution in [2.24, 2.45) is 17.4 Å². The number of nitrogens with two attached hydrogens (primary N) is 2. The lowest BCUT2D eigenvalue weighted by Crippen LogP contribution is -2.50. The summed E-state index contributed by atoms with van der Waals surface area (Å²) in [6.07, 6.45) is 0. The van der Waals surface area contributed by atoms with Gasteiger partial charge in [-0.1, -0.05) is 6.07 Å². The van der Waals surface area contributed by atoms with Crippen molar-refractivity contribution in [3.63, 3.8) is 0 Å². The molecule has 0 atom stereocenters. The summed E-state index contributed by atoms with van der Waals surface area (Å²) in [5.41, 5.74) is 11.0. The molecule has 1 aliphatic rings. The van der Waals surface area contributed by atoms with Crippen LogP contribution in [0.25, 0.3) is 0 Å². The van der Waals surface area contributed by atoms with Crippen molar-refractivity contribution in [1.29, 1.82) is 0 Å². The highest BCUT2D eigenvalue weighted by Gasteiger charge is 2.26. The average molecular weight is 206 g/mol. The fraction of sp³-hybridized carbons (Fsp3) is 0.400. The molecule has 0 spiro atoms. The van der Waals surface area contributed by atoms with E-state index in [4.69, 9.17) is 11.5 Å². The summed E-state index contributed by atoms with van der Waals surface area (Å²) >= 11 is 0. The van der Waals surface area contributed by atoms with Crippen LogP contribution in [0.5, 0.6) is 0 Å². The number of amides is 1. The Morgan fingerprint density at radius 2 is 2.27 bits per heavy atom. The molecule has 1 amide bonds. The van der Waals surface area contributed by atoms with Crippen molar-refractivity contribution >= 4 is 11.7 Å². The number of carbonyl (C=O) groups excluding carboxylic acids is 1. The second-order valence-electron chi connectivity index (χ2n) is 3.75. The SMILES string of the molecule is NCC1CN(c2cccc(C(N)=O)n2)C1. The van der Waals surface area contributed by atoms with Gasteiger partial charge in [0.25, 0.3) is 5.91 Å². The summed E-state index contributed by atoms with van der Waals surface area (Å²) in [4.78, 5) is 17.2. The molecule has 5 heteroatoms. The Balaban J connectivity index is 2.10. The Kier molecular flexibility index (Phi) is 2.55. The van der Waals surface area contributed by atoms with E-state index in [2.05, 4.69) is 9.88 Å².